The molecule has 0 saturated carbocycles. The minimum Gasteiger partial charge on any atom is -0.370 e. The Hall–Kier alpha value is -8.67. The number of carbonyl (C=O) groups excluding carboxylic acids is 6. The van der Waals surface area contributed by atoms with E-state index in [9.17, 15) is 19.2 Å². The molecular weight excluding hydrogens is 1010 g/mol. The summed E-state index contributed by atoms with van der Waals surface area (Å²) in [5, 5.41) is 18.8. The summed E-state index contributed by atoms with van der Waals surface area (Å²) in [5.41, 5.74) is 43.2. The summed E-state index contributed by atoms with van der Waals surface area (Å²) in [6, 6.07) is 16.8. The Morgan fingerprint density at radius 2 is 0.861 bits per heavy atom. The van der Waals surface area contributed by atoms with Gasteiger partial charge in [-0.05, 0) is 79.2 Å². The van der Waals surface area contributed by atoms with Crippen LogP contribution in [-0.2, 0) is 48.0 Å². The summed E-state index contributed by atoms with van der Waals surface area (Å²) in [7, 11) is 0. The van der Waals surface area contributed by atoms with E-state index in [-0.39, 0.29) is 94.3 Å². The molecule has 0 saturated heterocycles. The molecular formula is C55H80N18O6. The lowest BCUT2D eigenvalue weighted by atomic mass is 9.92. The van der Waals surface area contributed by atoms with Crippen LogP contribution >= 0.6 is 0 Å². The number of aliphatic imine (C=N–C) groups is 3. The van der Waals surface area contributed by atoms with Crippen LogP contribution in [0.4, 0.5) is 0 Å². The number of guanidine groups is 3. The number of hydrogen-bond acceptors (Lipinski definition) is 10. The van der Waals surface area contributed by atoms with Crippen molar-refractivity contribution in [3.63, 3.8) is 0 Å². The number of hydrogen-bond donors (Lipinski definition) is 15. The van der Waals surface area contributed by atoms with Gasteiger partial charge in [-0.3, -0.25) is 43.7 Å². The van der Waals surface area contributed by atoms with Gasteiger partial charge in [-0.15, -0.1) is 0 Å². The zero-order valence-electron chi connectivity index (χ0n) is 45.4. The average molecular weight is 1090 g/mol. The number of aromatic nitrogens is 2. The molecule has 0 aliphatic carbocycles. The Labute approximate surface area is 460 Å². The molecule has 22 N–H and O–H groups in total. The molecule has 24 nitrogen and oxygen atoms in total. The van der Waals surface area contributed by atoms with E-state index in [1.807, 2.05) is 78.9 Å². The van der Waals surface area contributed by atoms with Crippen LogP contribution < -0.4 is 72.0 Å². The van der Waals surface area contributed by atoms with Crippen molar-refractivity contribution in [1.82, 2.24) is 41.9 Å². The molecule has 2 heterocycles. The predicted molar refractivity (Wildman–Crippen MR) is 309 cm³/mol. The van der Waals surface area contributed by atoms with Gasteiger partial charge in [0.1, 0.15) is 30.2 Å². The monoisotopic (exact) mass is 1090 g/mol. The van der Waals surface area contributed by atoms with E-state index in [1.54, 1.807) is 12.4 Å². The third-order valence-corrected chi connectivity index (χ3v) is 13.0. The summed E-state index contributed by atoms with van der Waals surface area (Å²) in [6.07, 6.45) is 5.27. The molecule has 6 amide bonds. The number of fused-ring (bicyclic) bond motifs is 2. The van der Waals surface area contributed by atoms with Crippen molar-refractivity contribution in [3.05, 3.63) is 108 Å². The second-order valence-electron chi connectivity index (χ2n) is 20.7. The maximum atomic E-state index is 15.1. The molecule has 0 fully saturated rings. The largest absolute Gasteiger partial charge is 0.370 e. The quantitative estimate of drug-likeness (QED) is 0.0160. The van der Waals surface area contributed by atoms with Gasteiger partial charge in [0.25, 0.3) is 0 Å². The highest BCUT2D eigenvalue weighted by atomic mass is 16.2. The normalized spacial score (nSPS) is 13.6. The molecule has 5 rings (SSSR count). The zero-order chi connectivity index (χ0) is 57.5. The fourth-order valence-corrected chi connectivity index (χ4v) is 8.77. The Bertz CT molecular complexity index is 2900. The SMILES string of the molecule is CC(C)(C)CCNC(=O)[C@H](Cc1ccccc1)NC(=O)[C@H](CCCN=C(N)N)NC(=O)[C@H](Cc1c[nH]c2ccccc12)NC(=O)[C@H](Cc1c[nH]c2ccccc12)NC(=O)[C@H](CCCN=C(N)N)NC(=O)[C@@H](N)CCCN=C(N)N. The van der Waals surface area contributed by atoms with Crippen LogP contribution in [0, 0.1) is 5.41 Å². The first-order valence-corrected chi connectivity index (χ1v) is 26.5. The molecule has 5 aromatic rings. The maximum Gasteiger partial charge on any atom is 0.243 e. The van der Waals surface area contributed by atoms with Gasteiger partial charge >= 0.3 is 0 Å². The highest BCUT2D eigenvalue weighted by Gasteiger charge is 2.34. The lowest BCUT2D eigenvalue weighted by molar-refractivity contribution is -0.135. The Kier molecular flexibility index (Phi) is 23.5. The third kappa shape index (κ3) is 20.7. The number of amides is 6. The third-order valence-electron chi connectivity index (χ3n) is 13.0. The van der Waals surface area contributed by atoms with Gasteiger partial charge in [0.05, 0.1) is 6.04 Å². The summed E-state index contributed by atoms with van der Waals surface area (Å²) in [4.78, 5) is 105. The molecule has 0 spiro atoms. The predicted octanol–water partition coefficient (Wildman–Crippen LogP) is 0.142. The van der Waals surface area contributed by atoms with Crippen molar-refractivity contribution in [2.75, 3.05) is 26.2 Å². The number of benzene rings is 3. The molecule has 3 aromatic carbocycles. The van der Waals surface area contributed by atoms with Crippen molar-refractivity contribution >= 4 is 75.1 Å². The maximum absolute atomic E-state index is 15.1. The van der Waals surface area contributed by atoms with Crippen LogP contribution in [0.25, 0.3) is 21.8 Å². The molecule has 0 aliphatic rings. The second-order valence-corrected chi connectivity index (χ2v) is 20.7. The van der Waals surface area contributed by atoms with Crippen LogP contribution in [0.3, 0.4) is 0 Å². The fraction of sp³-hybridized carbons (Fsp3) is 0.436. The van der Waals surface area contributed by atoms with Gasteiger partial charge in [0.15, 0.2) is 17.9 Å². The topological polar surface area (TPSA) is 425 Å². The molecule has 0 unspecified atom stereocenters. The standard InChI is InChI=1S/C55H80N18O6/c1-55(2,3)23-27-63-47(75)43(28-33-14-5-4-6-15-33)71-49(77)42(22-13-26-66-54(61)62)70-50(78)44(29-34-31-67-39-19-9-7-16-36(34)39)73-51(79)45(30-35-32-68-40-20-10-8-17-37(35)40)72-48(76)41(21-12-25-65-53(59)60)69-46(74)38(56)18-11-24-64-52(57)58/h4-10,14-17,19-20,31-32,38,41-45,67-68H,11-13,18,21-30,56H2,1-3H3,(H,63,75)(H,69,74)(H,70,78)(H,71,77)(H,72,76)(H,73,79)(H4,57,58,64)(H4,59,60,65)(H4,61,62,66)/t38-,41-,42-,43-,44-,45-/m0/s1. The molecule has 6 atom stereocenters. The summed E-state index contributed by atoms with van der Waals surface area (Å²) >= 11 is 0. The van der Waals surface area contributed by atoms with E-state index in [0.717, 1.165) is 27.4 Å². The van der Waals surface area contributed by atoms with E-state index in [1.165, 1.54) is 0 Å². The number of aromatic amines is 2. The van der Waals surface area contributed by atoms with Crippen molar-refractivity contribution < 1.29 is 28.8 Å². The number of nitrogens with one attached hydrogen (secondary N) is 8. The zero-order valence-corrected chi connectivity index (χ0v) is 45.4. The van der Waals surface area contributed by atoms with Gasteiger partial charge in [-0.2, -0.15) is 0 Å². The van der Waals surface area contributed by atoms with Gasteiger partial charge in [0.2, 0.25) is 35.4 Å². The van der Waals surface area contributed by atoms with E-state index in [0.29, 0.717) is 30.5 Å². The van der Waals surface area contributed by atoms with Gasteiger partial charge < -0.3 is 82.0 Å². The minimum absolute atomic E-state index is 0.0290. The number of para-hydroxylation sites is 2. The minimum atomic E-state index is -1.37. The lowest BCUT2D eigenvalue weighted by Crippen LogP contribution is -2.60. The first-order valence-electron chi connectivity index (χ1n) is 26.5. The van der Waals surface area contributed by atoms with Crippen LogP contribution in [0.1, 0.15) is 82.4 Å². The highest BCUT2D eigenvalue weighted by Crippen LogP contribution is 2.22. The number of carbonyl (C=O) groups is 6. The van der Waals surface area contributed by atoms with Crippen molar-refractivity contribution in [2.45, 2.75) is 121 Å². The first kappa shape index (κ1) is 61.2. The number of nitrogens with zero attached hydrogens (tertiary/aromatic N) is 3. The van der Waals surface area contributed by atoms with Gasteiger partial charge in [0, 0.05) is 79.6 Å². The number of nitrogens with two attached hydrogens (primary N) is 7. The Morgan fingerprint density at radius 1 is 0.481 bits per heavy atom. The highest BCUT2D eigenvalue weighted by molar-refractivity contribution is 5.98. The average Bonchev–Trinajstić information content (AvgIpc) is 4.04. The number of H-pyrrole nitrogens is 2. The van der Waals surface area contributed by atoms with Crippen LogP contribution in [0.5, 0.6) is 0 Å². The summed E-state index contributed by atoms with van der Waals surface area (Å²) in [6.45, 7) is 7.02. The van der Waals surface area contributed by atoms with E-state index in [2.05, 4.69) is 77.6 Å². The molecule has 426 valence electrons. The van der Waals surface area contributed by atoms with E-state index >= 15 is 9.59 Å². The Morgan fingerprint density at radius 3 is 1.30 bits per heavy atom. The van der Waals surface area contributed by atoms with Crippen molar-refractivity contribution in [1.29, 1.82) is 0 Å². The molecule has 24 heteroatoms. The molecule has 0 bridgehead atoms. The van der Waals surface area contributed by atoms with Gasteiger partial charge in [-0.1, -0.05) is 87.5 Å². The van der Waals surface area contributed by atoms with Crippen molar-refractivity contribution in [2.24, 2.45) is 60.5 Å². The fourth-order valence-electron chi connectivity index (χ4n) is 8.77. The Balaban J connectivity index is 1.49. The van der Waals surface area contributed by atoms with Crippen LogP contribution in [0.2, 0.25) is 0 Å². The molecule has 0 aliphatic heterocycles. The smallest absolute Gasteiger partial charge is 0.243 e. The molecule has 0 radical (unpaired) electrons. The van der Waals surface area contributed by atoms with Gasteiger partial charge in [-0.25, -0.2) is 0 Å². The van der Waals surface area contributed by atoms with Crippen LogP contribution in [-0.4, -0.2) is 126 Å². The lowest BCUT2D eigenvalue weighted by Gasteiger charge is -2.28. The number of rotatable bonds is 31. The van der Waals surface area contributed by atoms with Crippen LogP contribution in [0.15, 0.2) is 106 Å². The molecule has 79 heavy (non-hydrogen) atoms. The summed E-state index contributed by atoms with van der Waals surface area (Å²) < 4.78 is 0. The van der Waals surface area contributed by atoms with E-state index in [4.69, 9.17) is 40.1 Å². The second kappa shape index (κ2) is 30.3. The van der Waals surface area contributed by atoms with E-state index < -0.39 is 71.7 Å². The first-order chi connectivity index (χ1) is 37.7. The molecule has 2 aromatic heterocycles. The van der Waals surface area contributed by atoms with Crippen molar-refractivity contribution in [3.8, 4) is 0 Å². The summed E-state index contributed by atoms with van der Waals surface area (Å²) in [5.74, 6) is -4.35.